The molecule has 0 aliphatic rings. The van der Waals surface area contributed by atoms with Gasteiger partial charge in [-0.05, 0) is 12.1 Å². The van der Waals surface area contributed by atoms with E-state index in [0.29, 0.717) is 0 Å². The zero-order valence-corrected chi connectivity index (χ0v) is 8.17. The Morgan fingerprint density at radius 1 is 1.29 bits per heavy atom. The van der Waals surface area contributed by atoms with E-state index in [1.165, 1.54) is 18.2 Å². The smallest absolute Gasteiger partial charge is 0.357 e. The average molecular weight is 235 g/mol. The molecule has 6 heteroatoms. The third kappa shape index (κ3) is 1.97. The maximum Gasteiger partial charge on any atom is 0.357 e. The van der Waals surface area contributed by atoms with Crippen molar-refractivity contribution in [3.05, 3.63) is 34.3 Å². The van der Waals surface area contributed by atoms with Gasteiger partial charge in [0.2, 0.25) is 0 Å². The van der Waals surface area contributed by atoms with Crippen LogP contribution in [0.2, 0.25) is 5.02 Å². The van der Waals surface area contributed by atoms with Crippen LogP contribution >= 0.6 is 23.5 Å². The Balaban J connectivity index is 3.27. The molecule has 0 aromatic heterocycles. The highest BCUT2D eigenvalue weighted by Crippen LogP contribution is 2.22. The first-order valence-electron chi connectivity index (χ1n) is 3.42. The summed E-state index contributed by atoms with van der Waals surface area (Å²) in [5, 5.41) is 8.49. The van der Waals surface area contributed by atoms with Crippen LogP contribution < -0.4 is 0 Å². The van der Waals surface area contributed by atoms with Crippen LogP contribution in [0, 0.1) is 0 Å². The highest BCUT2D eigenvalue weighted by atomic mass is 35.5. The molecule has 0 saturated heterocycles. The molecule has 0 bridgehead atoms. The van der Waals surface area contributed by atoms with E-state index in [2.05, 4.69) is 4.29 Å². The van der Waals surface area contributed by atoms with Crippen LogP contribution in [-0.2, 0) is 4.29 Å². The minimum absolute atomic E-state index is 0.0819. The molecule has 74 valence electrons. The third-order valence-electron chi connectivity index (χ3n) is 1.52. The first-order chi connectivity index (χ1) is 6.57. The van der Waals surface area contributed by atoms with Crippen LogP contribution in [0.5, 0.6) is 0 Å². The summed E-state index contributed by atoms with van der Waals surface area (Å²) in [5.74, 6) is -2.11. The van der Waals surface area contributed by atoms with Gasteiger partial charge < -0.3 is 9.40 Å². The molecular weight excluding hydrogens is 231 g/mol. The zero-order chi connectivity index (χ0) is 10.7. The van der Waals surface area contributed by atoms with E-state index >= 15 is 0 Å². The molecule has 1 rings (SSSR count). The molecule has 0 spiro atoms. The minimum atomic E-state index is -1.22. The highest BCUT2D eigenvalue weighted by molar-refractivity contribution is 6.36. The summed E-state index contributed by atoms with van der Waals surface area (Å²) in [6.07, 6.45) is 0. The second-order valence-corrected chi connectivity index (χ2v) is 2.87. The Bertz CT molecular complexity index is 389. The van der Waals surface area contributed by atoms with Crippen molar-refractivity contribution in [1.29, 1.82) is 0 Å². The predicted molar refractivity (Wildman–Crippen MR) is 49.7 cm³/mol. The third-order valence-corrected chi connectivity index (χ3v) is 2.07. The van der Waals surface area contributed by atoms with Crippen molar-refractivity contribution in [1.82, 2.24) is 0 Å². The molecular formula is C8H4Cl2O4. The number of hydrogen-bond acceptors (Lipinski definition) is 3. The number of carbonyl (C=O) groups excluding carboxylic acids is 1. The summed E-state index contributed by atoms with van der Waals surface area (Å²) in [4.78, 5) is 21.6. The monoisotopic (exact) mass is 234 g/mol. The number of carbonyl (C=O) groups is 2. The molecule has 0 aliphatic heterocycles. The number of aromatic carboxylic acids is 1. The first-order valence-corrected chi connectivity index (χ1v) is 4.11. The van der Waals surface area contributed by atoms with E-state index in [9.17, 15) is 9.59 Å². The number of benzene rings is 1. The quantitative estimate of drug-likeness (QED) is 0.854. The van der Waals surface area contributed by atoms with Gasteiger partial charge in [0.05, 0.1) is 16.1 Å². The Labute approximate surface area is 89.2 Å². The molecule has 0 radical (unpaired) electrons. The van der Waals surface area contributed by atoms with Crippen molar-refractivity contribution in [2.24, 2.45) is 0 Å². The highest BCUT2D eigenvalue weighted by Gasteiger charge is 2.17. The molecule has 0 amide bonds. The van der Waals surface area contributed by atoms with Gasteiger partial charge in [0.1, 0.15) is 11.9 Å². The Kier molecular flexibility index (Phi) is 3.33. The zero-order valence-electron chi connectivity index (χ0n) is 6.66. The van der Waals surface area contributed by atoms with E-state index < -0.39 is 11.9 Å². The average Bonchev–Trinajstić information content (AvgIpc) is 2.16. The molecule has 1 aromatic rings. The van der Waals surface area contributed by atoms with Gasteiger partial charge in [-0.2, -0.15) is 0 Å². The first kappa shape index (κ1) is 10.8. The van der Waals surface area contributed by atoms with Gasteiger partial charge >= 0.3 is 11.9 Å². The minimum Gasteiger partial charge on any atom is -0.478 e. The fourth-order valence-corrected chi connectivity index (χ4v) is 1.26. The fourth-order valence-electron chi connectivity index (χ4n) is 0.896. The summed E-state index contributed by atoms with van der Waals surface area (Å²) < 4.78 is 3.91. The van der Waals surface area contributed by atoms with E-state index in [4.69, 9.17) is 28.6 Å². The van der Waals surface area contributed by atoms with Crippen LogP contribution in [0.1, 0.15) is 20.7 Å². The van der Waals surface area contributed by atoms with E-state index in [1.54, 1.807) is 0 Å². The van der Waals surface area contributed by atoms with E-state index in [0.717, 1.165) is 0 Å². The van der Waals surface area contributed by atoms with Gasteiger partial charge in [-0.25, -0.2) is 9.59 Å². The Hall–Kier alpha value is -1.26. The van der Waals surface area contributed by atoms with E-state index in [-0.39, 0.29) is 16.1 Å². The summed E-state index contributed by atoms with van der Waals surface area (Å²) in [6.45, 7) is 0. The Morgan fingerprint density at radius 2 is 1.86 bits per heavy atom. The lowest BCUT2D eigenvalue weighted by molar-refractivity contribution is 0.0697. The summed E-state index contributed by atoms with van der Waals surface area (Å²) in [7, 11) is 0. The predicted octanol–water partition coefficient (Wildman–Crippen LogP) is 2.35. The fraction of sp³-hybridized carbons (Fsp3) is 0. The van der Waals surface area contributed by atoms with Crippen LogP contribution in [0.3, 0.4) is 0 Å². The van der Waals surface area contributed by atoms with Gasteiger partial charge in [0.25, 0.3) is 0 Å². The molecule has 1 aromatic carbocycles. The van der Waals surface area contributed by atoms with Crippen molar-refractivity contribution < 1.29 is 19.0 Å². The normalized spacial score (nSPS) is 9.57. The summed E-state index contributed by atoms with van der Waals surface area (Å²) >= 11 is 10.5. The Morgan fingerprint density at radius 3 is 2.36 bits per heavy atom. The molecule has 0 heterocycles. The number of halogens is 2. The van der Waals surface area contributed by atoms with Crippen LogP contribution in [0.25, 0.3) is 0 Å². The molecule has 1 N–H and O–H groups in total. The lowest BCUT2D eigenvalue weighted by atomic mass is 10.1. The maximum atomic E-state index is 11.0. The van der Waals surface area contributed by atoms with Crippen LogP contribution in [0.4, 0.5) is 0 Å². The summed E-state index contributed by atoms with van der Waals surface area (Å²) in [5.41, 5.74) is -0.257. The van der Waals surface area contributed by atoms with Crippen molar-refractivity contribution in [3.63, 3.8) is 0 Å². The molecule has 14 heavy (non-hydrogen) atoms. The molecule has 0 aliphatic carbocycles. The lowest BCUT2D eigenvalue weighted by Crippen LogP contribution is -2.04. The number of carboxylic acid groups (broad SMARTS) is 1. The molecule has 0 unspecified atom stereocenters. The SMILES string of the molecule is O=C(O)c1cccc(C(=O)OCl)c1Cl. The molecule has 0 saturated carbocycles. The van der Waals surface area contributed by atoms with Gasteiger partial charge in [-0.1, -0.05) is 17.7 Å². The van der Waals surface area contributed by atoms with Gasteiger partial charge in [-0.3, -0.25) is 0 Å². The van der Waals surface area contributed by atoms with Gasteiger partial charge in [-0.15, -0.1) is 0 Å². The van der Waals surface area contributed by atoms with Crippen molar-refractivity contribution >= 4 is 35.4 Å². The lowest BCUT2D eigenvalue weighted by Gasteiger charge is -2.02. The standard InChI is InChI=1S/C8H4Cl2O4/c9-6-4(7(11)12)2-1-3-5(6)8(13)14-10/h1-3H,(H,11,12). The van der Waals surface area contributed by atoms with Crippen molar-refractivity contribution in [2.75, 3.05) is 0 Å². The number of carboxylic acids is 1. The van der Waals surface area contributed by atoms with Crippen LogP contribution in [0.15, 0.2) is 18.2 Å². The summed E-state index contributed by atoms with van der Waals surface area (Å²) in [6, 6.07) is 3.97. The molecule has 0 fully saturated rings. The van der Waals surface area contributed by atoms with E-state index in [1.807, 2.05) is 0 Å². The second-order valence-electron chi connectivity index (χ2n) is 2.34. The van der Waals surface area contributed by atoms with Crippen LogP contribution in [-0.4, -0.2) is 17.0 Å². The second kappa shape index (κ2) is 4.30. The number of rotatable bonds is 2. The molecule has 4 nitrogen and oxygen atoms in total. The molecule has 0 atom stereocenters. The number of hydrogen-bond donors (Lipinski definition) is 1. The topological polar surface area (TPSA) is 63.6 Å². The van der Waals surface area contributed by atoms with Crippen molar-refractivity contribution in [3.8, 4) is 0 Å². The van der Waals surface area contributed by atoms with Gasteiger partial charge in [0.15, 0.2) is 0 Å². The maximum absolute atomic E-state index is 11.0. The van der Waals surface area contributed by atoms with Crippen molar-refractivity contribution in [2.45, 2.75) is 0 Å². The largest absolute Gasteiger partial charge is 0.478 e. The van der Waals surface area contributed by atoms with Gasteiger partial charge in [0, 0.05) is 0 Å².